The van der Waals surface area contributed by atoms with Crippen LogP contribution in [0.4, 0.5) is 0 Å². The van der Waals surface area contributed by atoms with Gasteiger partial charge in [0.15, 0.2) is 0 Å². The zero-order valence-electron chi connectivity index (χ0n) is 10.1. The van der Waals surface area contributed by atoms with Crippen LogP contribution in [0.1, 0.15) is 24.5 Å². The molecule has 1 aliphatic heterocycles. The van der Waals surface area contributed by atoms with E-state index in [-0.39, 0.29) is 5.92 Å². The molecule has 1 aromatic carbocycles. The van der Waals surface area contributed by atoms with E-state index >= 15 is 0 Å². The standard InChI is InChI=1S/C14H20O2/c1-11-3-5-12(6-4-11)9-14(2,15)13-7-8-16-10-13/h3-6,13,15H,7-10H2,1-2H3. The van der Waals surface area contributed by atoms with Crippen molar-refractivity contribution in [1.29, 1.82) is 0 Å². The monoisotopic (exact) mass is 220 g/mol. The largest absolute Gasteiger partial charge is 0.389 e. The Balaban J connectivity index is 2.04. The molecule has 0 saturated carbocycles. The van der Waals surface area contributed by atoms with Crippen molar-refractivity contribution < 1.29 is 9.84 Å². The van der Waals surface area contributed by atoms with Crippen LogP contribution in [0.15, 0.2) is 24.3 Å². The van der Waals surface area contributed by atoms with Crippen molar-refractivity contribution >= 4 is 0 Å². The maximum absolute atomic E-state index is 10.5. The average Bonchev–Trinajstić information content (AvgIpc) is 2.75. The SMILES string of the molecule is Cc1ccc(CC(C)(O)C2CCOC2)cc1. The first kappa shape index (κ1) is 11.6. The predicted molar refractivity (Wildman–Crippen MR) is 64.4 cm³/mol. The lowest BCUT2D eigenvalue weighted by molar-refractivity contribution is -0.00454. The Kier molecular flexibility index (Phi) is 3.31. The van der Waals surface area contributed by atoms with Gasteiger partial charge in [-0.05, 0) is 25.8 Å². The van der Waals surface area contributed by atoms with E-state index in [0.29, 0.717) is 13.0 Å². The molecular weight excluding hydrogens is 200 g/mol. The number of benzene rings is 1. The first-order valence-electron chi connectivity index (χ1n) is 5.93. The lowest BCUT2D eigenvalue weighted by Gasteiger charge is -2.29. The molecular formula is C14H20O2. The summed E-state index contributed by atoms with van der Waals surface area (Å²) in [6, 6.07) is 8.38. The van der Waals surface area contributed by atoms with Gasteiger partial charge in [-0.3, -0.25) is 0 Å². The molecule has 0 bridgehead atoms. The van der Waals surface area contributed by atoms with Crippen LogP contribution in [-0.2, 0) is 11.2 Å². The highest BCUT2D eigenvalue weighted by Crippen LogP contribution is 2.28. The third kappa shape index (κ3) is 2.63. The van der Waals surface area contributed by atoms with Gasteiger partial charge in [-0.15, -0.1) is 0 Å². The average molecular weight is 220 g/mol. The molecule has 0 amide bonds. The van der Waals surface area contributed by atoms with E-state index < -0.39 is 5.60 Å². The fraction of sp³-hybridized carbons (Fsp3) is 0.571. The third-order valence-electron chi connectivity index (χ3n) is 3.49. The summed E-state index contributed by atoms with van der Waals surface area (Å²) in [5.74, 6) is 0.272. The molecule has 16 heavy (non-hydrogen) atoms. The third-order valence-corrected chi connectivity index (χ3v) is 3.49. The molecule has 2 nitrogen and oxygen atoms in total. The molecule has 1 fully saturated rings. The van der Waals surface area contributed by atoms with Gasteiger partial charge in [0.25, 0.3) is 0 Å². The summed E-state index contributed by atoms with van der Waals surface area (Å²) < 4.78 is 5.34. The maximum atomic E-state index is 10.5. The van der Waals surface area contributed by atoms with Crippen molar-refractivity contribution in [1.82, 2.24) is 0 Å². The van der Waals surface area contributed by atoms with Crippen molar-refractivity contribution in [3.05, 3.63) is 35.4 Å². The molecule has 0 aromatic heterocycles. The Morgan fingerprint density at radius 1 is 1.38 bits per heavy atom. The van der Waals surface area contributed by atoms with Gasteiger partial charge in [0.05, 0.1) is 12.2 Å². The van der Waals surface area contributed by atoms with Crippen LogP contribution in [0.5, 0.6) is 0 Å². The predicted octanol–water partition coefficient (Wildman–Crippen LogP) is 2.33. The molecule has 2 heteroatoms. The number of aliphatic hydroxyl groups is 1. The highest BCUT2D eigenvalue weighted by atomic mass is 16.5. The quantitative estimate of drug-likeness (QED) is 0.847. The van der Waals surface area contributed by atoms with Gasteiger partial charge in [-0.1, -0.05) is 29.8 Å². The number of aryl methyl sites for hydroxylation is 1. The van der Waals surface area contributed by atoms with Crippen molar-refractivity contribution in [2.24, 2.45) is 5.92 Å². The normalized spacial score (nSPS) is 24.3. The molecule has 1 saturated heterocycles. The maximum Gasteiger partial charge on any atom is 0.0710 e. The molecule has 0 spiro atoms. The Morgan fingerprint density at radius 2 is 2.06 bits per heavy atom. The summed E-state index contributed by atoms with van der Waals surface area (Å²) in [4.78, 5) is 0. The van der Waals surface area contributed by atoms with Crippen LogP contribution in [0.3, 0.4) is 0 Å². The van der Waals surface area contributed by atoms with Crippen LogP contribution in [0.2, 0.25) is 0 Å². The molecule has 2 atom stereocenters. The van der Waals surface area contributed by atoms with E-state index in [4.69, 9.17) is 4.74 Å². The van der Waals surface area contributed by atoms with E-state index in [0.717, 1.165) is 13.0 Å². The second-order valence-electron chi connectivity index (χ2n) is 5.08. The zero-order chi connectivity index (χ0) is 11.6. The lowest BCUT2D eigenvalue weighted by Crippen LogP contribution is -2.37. The number of ether oxygens (including phenoxy) is 1. The van der Waals surface area contributed by atoms with Gasteiger partial charge in [0.2, 0.25) is 0 Å². The zero-order valence-corrected chi connectivity index (χ0v) is 10.1. The highest BCUT2D eigenvalue weighted by Gasteiger charge is 2.34. The first-order chi connectivity index (χ1) is 7.58. The van der Waals surface area contributed by atoms with Crippen LogP contribution in [0.25, 0.3) is 0 Å². The summed E-state index contributed by atoms with van der Waals surface area (Å²) in [5.41, 5.74) is 1.81. The summed E-state index contributed by atoms with van der Waals surface area (Å²) in [6.07, 6.45) is 1.68. The van der Waals surface area contributed by atoms with Gasteiger partial charge in [0.1, 0.15) is 0 Å². The summed E-state index contributed by atoms with van der Waals surface area (Å²) in [6.45, 7) is 5.48. The minimum atomic E-state index is -0.647. The van der Waals surface area contributed by atoms with Gasteiger partial charge in [-0.2, -0.15) is 0 Å². The Morgan fingerprint density at radius 3 is 2.62 bits per heavy atom. The van der Waals surface area contributed by atoms with E-state index in [1.807, 2.05) is 6.92 Å². The van der Waals surface area contributed by atoms with Crippen LogP contribution >= 0.6 is 0 Å². The molecule has 1 N–H and O–H groups in total. The van der Waals surface area contributed by atoms with Crippen LogP contribution < -0.4 is 0 Å². The minimum absolute atomic E-state index is 0.272. The molecule has 1 aliphatic rings. The van der Waals surface area contributed by atoms with Gasteiger partial charge in [0, 0.05) is 18.9 Å². The molecule has 2 unspecified atom stereocenters. The molecule has 2 rings (SSSR count). The first-order valence-corrected chi connectivity index (χ1v) is 5.93. The van der Waals surface area contributed by atoms with E-state index in [2.05, 4.69) is 31.2 Å². The van der Waals surface area contributed by atoms with Crippen molar-refractivity contribution in [3.63, 3.8) is 0 Å². The van der Waals surface area contributed by atoms with E-state index in [9.17, 15) is 5.11 Å². The molecule has 88 valence electrons. The Labute approximate surface area is 97.3 Å². The second-order valence-corrected chi connectivity index (χ2v) is 5.08. The molecule has 0 aliphatic carbocycles. The molecule has 1 aromatic rings. The fourth-order valence-corrected chi connectivity index (χ4v) is 2.29. The summed E-state index contributed by atoms with van der Waals surface area (Å²) >= 11 is 0. The van der Waals surface area contributed by atoms with Crippen molar-refractivity contribution in [3.8, 4) is 0 Å². The van der Waals surface area contributed by atoms with E-state index in [1.54, 1.807) is 0 Å². The van der Waals surface area contributed by atoms with Gasteiger partial charge >= 0.3 is 0 Å². The minimum Gasteiger partial charge on any atom is -0.389 e. The number of hydrogen-bond acceptors (Lipinski definition) is 2. The van der Waals surface area contributed by atoms with Crippen LogP contribution in [0, 0.1) is 12.8 Å². The fourth-order valence-electron chi connectivity index (χ4n) is 2.29. The van der Waals surface area contributed by atoms with Gasteiger partial charge < -0.3 is 9.84 Å². The van der Waals surface area contributed by atoms with Crippen molar-refractivity contribution in [2.45, 2.75) is 32.3 Å². The van der Waals surface area contributed by atoms with Crippen molar-refractivity contribution in [2.75, 3.05) is 13.2 Å². The van der Waals surface area contributed by atoms with Gasteiger partial charge in [-0.25, -0.2) is 0 Å². The smallest absolute Gasteiger partial charge is 0.0710 e. The van der Waals surface area contributed by atoms with Crippen LogP contribution in [-0.4, -0.2) is 23.9 Å². The molecule has 0 radical (unpaired) electrons. The topological polar surface area (TPSA) is 29.5 Å². The number of hydrogen-bond donors (Lipinski definition) is 1. The molecule has 1 heterocycles. The summed E-state index contributed by atoms with van der Waals surface area (Å²) in [5, 5.41) is 10.5. The number of rotatable bonds is 3. The Hall–Kier alpha value is -0.860. The lowest BCUT2D eigenvalue weighted by atomic mass is 9.83. The van der Waals surface area contributed by atoms with E-state index in [1.165, 1.54) is 11.1 Å². The summed E-state index contributed by atoms with van der Waals surface area (Å²) in [7, 11) is 0. The Bertz CT molecular complexity index is 334. The highest BCUT2D eigenvalue weighted by molar-refractivity contribution is 5.22. The second kappa shape index (κ2) is 4.56.